The van der Waals surface area contributed by atoms with Crippen molar-refractivity contribution in [1.82, 2.24) is 15.0 Å². The van der Waals surface area contributed by atoms with Crippen LogP contribution in [0.3, 0.4) is 0 Å². The van der Waals surface area contributed by atoms with Crippen molar-refractivity contribution >= 4 is 17.3 Å². The van der Waals surface area contributed by atoms with Crippen LogP contribution < -0.4 is 11.1 Å². The van der Waals surface area contributed by atoms with Crippen LogP contribution in [0.2, 0.25) is 0 Å². The predicted molar refractivity (Wildman–Crippen MR) is 85.3 cm³/mol. The summed E-state index contributed by atoms with van der Waals surface area (Å²) in [5.74, 6) is 0.432. The third kappa shape index (κ3) is 3.02. The van der Waals surface area contributed by atoms with Gasteiger partial charge in [-0.2, -0.15) is 0 Å². The van der Waals surface area contributed by atoms with E-state index in [1.165, 1.54) is 0 Å². The molecule has 0 aliphatic carbocycles. The molecule has 110 valence electrons. The fourth-order valence-corrected chi connectivity index (χ4v) is 2.06. The summed E-state index contributed by atoms with van der Waals surface area (Å²) in [4.78, 5) is 12.7. The van der Waals surface area contributed by atoms with Gasteiger partial charge >= 0.3 is 0 Å². The van der Waals surface area contributed by atoms with E-state index in [1.807, 2.05) is 18.2 Å². The smallest absolute Gasteiger partial charge is 0.227 e. The molecular weight excluding hydrogens is 278 g/mol. The molecular formula is C16H15N5O. The van der Waals surface area contributed by atoms with Crippen LogP contribution in [0.25, 0.3) is 11.3 Å². The van der Waals surface area contributed by atoms with E-state index in [-0.39, 0.29) is 6.61 Å². The molecule has 3 aromatic rings. The summed E-state index contributed by atoms with van der Waals surface area (Å²) in [6, 6.07) is 10.8. The lowest BCUT2D eigenvalue weighted by molar-refractivity contribution is 0.282. The maximum absolute atomic E-state index is 9.39. The summed E-state index contributed by atoms with van der Waals surface area (Å²) in [6.07, 6.45) is 5.12. The van der Waals surface area contributed by atoms with Crippen molar-refractivity contribution in [2.45, 2.75) is 6.61 Å². The fraction of sp³-hybridized carbons (Fsp3) is 0.0625. The van der Waals surface area contributed by atoms with Crippen LogP contribution in [0, 0.1) is 0 Å². The molecule has 3 rings (SSSR count). The Bertz CT molecular complexity index is 776. The van der Waals surface area contributed by atoms with Gasteiger partial charge in [-0.25, -0.2) is 9.97 Å². The van der Waals surface area contributed by atoms with Crippen molar-refractivity contribution in [3.05, 3.63) is 60.6 Å². The molecule has 22 heavy (non-hydrogen) atoms. The number of aliphatic hydroxyl groups is 1. The first-order valence-electron chi connectivity index (χ1n) is 6.76. The Hall–Kier alpha value is -2.99. The molecule has 1 aromatic carbocycles. The minimum absolute atomic E-state index is 0.0924. The molecule has 0 spiro atoms. The number of nitrogens with zero attached hydrogens (tertiary/aromatic N) is 3. The van der Waals surface area contributed by atoms with Crippen molar-refractivity contribution in [1.29, 1.82) is 0 Å². The van der Waals surface area contributed by atoms with Gasteiger partial charge in [0.1, 0.15) is 0 Å². The first kappa shape index (κ1) is 14.0. The van der Waals surface area contributed by atoms with Crippen LogP contribution in [0.15, 0.2) is 55.0 Å². The highest BCUT2D eigenvalue weighted by atomic mass is 16.3. The molecule has 0 fully saturated rings. The molecule has 0 saturated carbocycles. The van der Waals surface area contributed by atoms with Gasteiger partial charge in [-0.15, -0.1) is 0 Å². The Morgan fingerprint density at radius 2 is 2.05 bits per heavy atom. The Kier molecular flexibility index (Phi) is 3.93. The average Bonchev–Trinajstić information content (AvgIpc) is 2.56. The number of aliphatic hydroxyl groups excluding tert-OH is 1. The summed E-state index contributed by atoms with van der Waals surface area (Å²) >= 11 is 0. The van der Waals surface area contributed by atoms with Gasteiger partial charge in [-0.3, -0.25) is 4.98 Å². The third-order valence-electron chi connectivity index (χ3n) is 3.16. The second kappa shape index (κ2) is 6.19. The van der Waals surface area contributed by atoms with Gasteiger partial charge in [0.2, 0.25) is 5.95 Å². The summed E-state index contributed by atoms with van der Waals surface area (Å²) in [7, 11) is 0. The molecule has 0 amide bonds. The van der Waals surface area contributed by atoms with E-state index in [4.69, 9.17) is 5.73 Å². The summed E-state index contributed by atoms with van der Waals surface area (Å²) < 4.78 is 0. The predicted octanol–water partition coefficient (Wildman–Crippen LogP) is 2.36. The third-order valence-corrected chi connectivity index (χ3v) is 3.16. The van der Waals surface area contributed by atoms with Crippen LogP contribution >= 0.6 is 0 Å². The number of nitrogens with one attached hydrogen (secondary N) is 1. The van der Waals surface area contributed by atoms with Gasteiger partial charge in [0.25, 0.3) is 0 Å². The molecule has 0 saturated heterocycles. The number of aromatic nitrogens is 3. The molecule has 0 aliphatic heterocycles. The number of hydrogen-bond donors (Lipinski definition) is 3. The normalized spacial score (nSPS) is 10.4. The highest BCUT2D eigenvalue weighted by molar-refractivity contribution is 5.66. The molecule has 0 atom stereocenters. The summed E-state index contributed by atoms with van der Waals surface area (Å²) in [6.45, 7) is -0.0924. The van der Waals surface area contributed by atoms with Crippen LogP contribution in [0.4, 0.5) is 17.3 Å². The second-order valence-corrected chi connectivity index (χ2v) is 4.71. The molecule has 0 radical (unpaired) electrons. The Balaban J connectivity index is 1.92. The van der Waals surface area contributed by atoms with E-state index in [0.717, 1.165) is 16.8 Å². The minimum Gasteiger partial charge on any atom is -0.399 e. The SMILES string of the molecule is Nc1ccc(CO)c(Nc2nccc(-c3cccnc3)n2)c1. The van der Waals surface area contributed by atoms with Crippen molar-refractivity contribution < 1.29 is 5.11 Å². The van der Waals surface area contributed by atoms with Crippen LogP contribution in [0.1, 0.15) is 5.56 Å². The monoisotopic (exact) mass is 293 g/mol. The van der Waals surface area contributed by atoms with E-state index >= 15 is 0 Å². The van der Waals surface area contributed by atoms with Crippen LogP contribution in [-0.4, -0.2) is 20.1 Å². The fourth-order valence-electron chi connectivity index (χ4n) is 2.06. The lowest BCUT2D eigenvalue weighted by atomic mass is 10.1. The van der Waals surface area contributed by atoms with Gasteiger partial charge in [-0.05, 0) is 30.3 Å². The van der Waals surface area contributed by atoms with E-state index in [0.29, 0.717) is 17.3 Å². The van der Waals surface area contributed by atoms with Crippen LogP contribution in [-0.2, 0) is 6.61 Å². The minimum atomic E-state index is -0.0924. The number of hydrogen-bond acceptors (Lipinski definition) is 6. The van der Waals surface area contributed by atoms with Gasteiger partial charge < -0.3 is 16.2 Å². The average molecular weight is 293 g/mol. The molecule has 2 aromatic heterocycles. The number of anilines is 3. The summed E-state index contributed by atoms with van der Waals surface area (Å²) in [5.41, 5.74) is 9.47. The van der Waals surface area contributed by atoms with Gasteiger partial charge in [0.05, 0.1) is 12.3 Å². The molecule has 6 heteroatoms. The van der Waals surface area contributed by atoms with Gasteiger partial charge in [-0.1, -0.05) is 6.07 Å². The van der Waals surface area contributed by atoms with Crippen molar-refractivity contribution in [3.63, 3.8) is 0 Å². The molecule has 0 aliphatic rings. The Labute approximate surface area is 127 Å². The van der Waals surface area contributed by atoms with E-state index in [1.54, 1.807) is 36.8 Å². The zero-order valence-electron chi connectivity index (χ0n) is 11.8. The number of nitrogens with two attached hydrogens (primary N) is 1. The van der Waals surface area contributed by atoms with Gasteiger partial charge in [0, 0.05) is 41.1 Å². The molecule has 4 N–H and O–H groups in total. The zero-order chi connectivity index (χ0) is 15.4. The highest BCUT2D eigenvalue weighted by Gasteiger charge is 2.06. The Morgan fingerprint density at radius 3 is 2.82 bits per heavy atom. The van der Waals surface area contributed by atoms with Crippen molar-refractivity contribution in [2.24, 2.45) is 0 Å². The Morgan fingerprint density at radius 1 is 1.14 bits per heavy atom. The maximum atomic E-state index is 9.39. The van der Waals surface area contributed by atoms with E-state index in [9.17, 15) is 5.11 Å². The first-order valence-corrected chi connectivity index (χ1v) is 6.76. The maximum Gasteiger partial charge on any atom is 0.227 e. The molecule has 6 nitrogen and oxygen atoms in total. The largest absolute Gasteiger partial charge is 0.399 e. The quantitative estimate of drug-likeness (QED) is 0.639. The molecule has 0 bridgehead atoms. The topological polar surface area (TPSA) is 97.0 Å². The lowest BCUT2D eigenvalue weighted by Gasteiger charge is -2.11. The van der Waals surface area contributed by atoms with Crippen molar-refractivity contribution in [3.8, 4) is 11.3 Å². The number of rotatable bonds is 4. The number of nitrogen functional groups attached to an aromatic ring is 1. The number of pyridine rings is 1. The summed E-state index contributed by atoms with van der Waals surface area (Å²) in [5, 5.41) is 12.5. The molecule has 2 heterocycles. The zero-order valence-corrected chi connectivity index (χ0v) is 11.8. The first-order chi connectivity index (χ1) is 10.8. The van der Waals surface area contributed by atoms with Crippen molar-refractivity contribution in [2.75, 3.05) is 11.1 Å². The lowest BCUT2D eigenvalue weighted by Crippen LogP contribution is -2.02. The van der Waals surface area contributed by atoms with E-state index < -0.39 is 0 Å². The number of benzene rings is 1. The van der Waals surface area contributed by atoms with Gasteiger partial charge in [0.15, 0.2) is 0 Å². The molecule has 0 unspecified atom stereocenters. The highest BCUT2D eigenvalue weighted by Crippen LogP contribution is 2.23. The van der Waals surface area contributed by atoms with Crippen LogP contribution in [0.5, 0.6) is 0 Å². The second-order valence-electron chi connectivity index (χ2n) is 4.71. The standard InChI is InChI=1S/C16H15N5O/c17-13-4-3-12(10-22)15(8-13)21-16-19-7-5-14(20-16)11-2-1-6-18-9-11/h1-9,22H,10,17H2,(H,19,20,21). The van der Waals surface area contributed by atoms with E-state index in [2.05, 4.69) is 20.3 Å².